The van der Waals surface area contributed by atoms with Crippen LogP contribution in [0.4, 0.5) is 0 Å². The molecule has 1 saturated carbocycles. The summed E-state index contributed by atoms with van der Waals surface area (Å²) in [5, 5.41) is 0. The first-order chi connectivity index (χ1) is 6.64. The van der Waals surface area contributed by atoms with E-state index < -0.39 is 0 Å². The summed E-state index contributed by atoms with van der Waals surface area (Å²) in [6.07, 6.45) is 6.50. The van der Waals surface area contributed by atoms with Gasteiger partial charge >= 0.3 is 0 Å². The van der Waals surface area contributed by atoms with Crippen LogP contribution in [-0.2, 0) is 0 Å². The number of piperidine rings is 1. The van der Waals surface area contributed by atoms with Gasteiger partial charge in [0.15, 0.2) is 0 Å². The molecule has 0 aromatic rings. The summed E-state index contributed by atoms with van der Waals surface area (Å²) < 4.78 is 0. The molecule has 0 radical (unpaired) electrons. The van der Waals surface area contributed by atoms with Gasteiger partial charge in [-0.25, -0.2) is 0 Å². The minimum absolute atomic E-state index is 0.467. The monoisotopic (exact) mass is 194 g/mol. The Morgan fingerprint density at radius 2 is 2.00 bits per heavy atom. The average molecular weight is 194 g/mol. The minimum atomic E-state index is 0.467. The third kappa shape index (κ3) is 1.56. The fourth-order valence-electron chi connectivity index (χ4n) is 3.12. The zero-order valence-corrected chi connectivity index (χ0v) is 9.26. The maximum Gasteiger partial charge on any atom is 0.0180 e. The van der Waals surface area contributed by atoms with Crippen LogP contribution in [0.25, 0.3) is 0 Å². The third-order valence-electron chi connectivity index (χ3n) is 4.28. The van der Waals surface area contributed by atoms with E-state index in [1.165, 1.54) is 50.9 Å². The van der Waals surface area contributed by atoms with Gasteiger partial charge in [-0.2, -0.15) is 0 Å². The Morgan fingerprint density at radius 3 is 2.43 bits per heavy atom. The number of nitrogens with two attached hydrogens (primary N) is 1. The molecule has 0 aromatic heterocycles. The molecule has 1 aliphatic heterocycles. The molecule has 1 spiro atoms. The SMILES string of the molecule is C=C(C)N1CCC2(CCC[C@H]2N)CC1. The molecule has 2 heteroatoms. The summed E-state index contributed by atoms with van der Waals surface area (Å²) in [5.41, 5.74) is 7.93. The predicted molar refractivity (Wildman–Crippen MR) is 59.9 cm³/mol. The highest BCUT2D eigenvalue weighted by atomic mass is 15.1. The molecule has 2 nitrogen and oxygen atoms in total. The molecule has 1 atom stereocenters. The van der Waals surface area contributed by atoms with Crippen molar-refractivity contribution in [3.63, 3.8) is 0 Å². The van der Waals surface area contributed by atoms with Crippen molar-refractivity contribution in [2.45, 2.75) is 45.1 Å². The second-order valence-electron chi connectivity index (χ2n) is 5.08. The van der Waals surface area contributed by atoms with E-state index >= 15 is 0 Å². The van der Waals surface area contributed by atoms with E-state index in [-0.39, 0.29) is 0 Å². The first kappa shape index (κ1) is 10.0. The van der Waals surface area contributed by atoms with E-state index in [9.17, 15) is 0 Å². The number of allylic oxidation sites excluding steroid dienone is 1. The Balaban J connectivity index is 1.98. The van der Waals surface area contributed by atoms with Gasteiger partial charge in [-0.05, 0) is 38.0 Å². The number of hydrogen-bond acceptors (Lipinski definition) is 2. The molecule has 1 saturated heterocycles. The quantitative estimate of drug-likeness (QED) is 0.692. The van der Waals surface area contributed by atoms with Crippen LogP contribution in [0.1, 0.15) is 39.0 Å². The van der Waals surface area contributed by atoms with Gasteiger partial charge in [-0.3, -0.25) is 0 Å². The summed E-state index contributed by atoms with van der Waals surface area (Å²) in [4.78, 5) is 2.40. The van der Waals surface area contributed by atoms with Crippen LogP contribution in [0.2, 0.25) is 0 Å². The lowest BCUT2D eigenvalue weighted by atomic mass is 9.74. The summed E-state index contributed by atoms with van der Waals surface area (Å²) in [7, 11) is 0. The van der Waals surface area contributed by atoms with E-state index in [4.69, 9.17) is 5.73 Å². The van der Waals surface area contributed by atoms with Gasteiger partial charge in [-0.1, -0.05) is 13.0 Å². The normalized spacial score (nSPS) is 31.0. The van der Waals surface area contributed by atoms with Crippen LogP contribution in [0.15, 0.2) is 12.3 Å². The Kier molecular flexibility index (Phi) is 2.56. The van der Waals surface area contributed by atoms with E-state index in [2.05, 4.69) is 18.4 Å². The summed E-state index contributed by atoms with van der Waals surface area (Å²) >= 11 is 0. The Morgan fingerprint density at radius 1 is 1.36 bits per heavy atom. The Hall–Kier alpha value is -0.500. The maximum atomic E-state index is 6.23. The van der Waals surface area contributed by atoms with Gasteiger partial charge < -0.3 is 10.6 Å². The van der Waals surface area contributed by atoms with Gasteiger partial charge in [-0.15, -0.1) is 0 Å². The molecular formula is C12H22N2. The Labute approximate surface area is 87.2 Å². The molecule has 0 bridgehead atoms. The first-order valence-corrected chi connectivity index (χ1v) is 5.80. The fourth-order valence-corrected chi connectivity index (χ4v) is 3.12. The summed E-state index contributed by atoms with van der Waals surface area (Å²) in [6, 6.07) is 0.467. The van der Waals surface area contributed by atoms with E-state index in [1.54, 1.807) is 0 Å². The molecule has 2 rings (SSSR count). The predicted octanol–water partition coefficient (Wildman–Crippen LogP) is 2.11. The Bertz CT molecular complexity index is 226. The van der Waals surface area contributed by atoms with Crippen molar-refractivity contribution in [2.24, 2.45) is 11.1 Å². The number of rotatable bonds is 1. The van der Waals surface area contributed by atoms with Crippen molar-refractivity contribution >= 4 is 0 Å². The van der Waals surface area contributed by atoms with Crippen LogP contribution < -0.4 is 5.73 Å². The van der Waals surface area contributed by atoms with Crippen LogP contribution >= 0.6 is 0 Å². The zero-order chi connectivity index (χ0) is 10.2. The van der Waals surface area contributed by atoms with Crippen molar-refractivity contribution in [3.8, 4) is 0 Å². The molecule has 2 fully saturated rings. The lowest BCUT2D eigenvalue weighted by Gasteiger charge is -2.43. The molecule has 80 valence electrons. The van der Waals surface area contributed by atoms with E-state index in [0.717, 1.165) is 0 Å². The molecule has 1 heterocycles. The molecule has 0 unspecified atom stereocenters. The summed E-state index contributed by atoms with van der Waals surface area (Å²) in [6.45, 7) is 8.45. The van der Waals surface area contributed by atoms with Gasteiger partial charge in [0, 0.05) is 24.8 Å². The number of nitrogens with zero attached hydrogens (tertiary/aromatic N) is 1. The van der Waals surface area contributed by atoms with Gasteiger partial charge in [0.1, 0.15) is 0 Å². The molecular weight excluding hydrogens is 172 g/mol. The largest absolute Gasteiger partial charge is 0.375 e. The maximum absolute atomic E-state index is 6.23. The second kappa shape index (κ2) is 3.58. The minimum Gasteiger partial charge on any atom is -0.375 e. The van der Waals surface area contributed by atoms with Crippen molar-refractivity contribution in [1.29, 1.82) is 0 Å². The van der Waals surface area contributed by atoms with Crippen molar-refractivity contribution in [3.05, 3.63) is 12.3 Å². The molecule has 1 aliphatic carbocycles. The lowest BCUT2D eigenvalue weighted by Crippen LogP contribution is -2.46. The fraction of sp³-hybridized carbons (Fsp3) is 0.833. The zero-order valence-electron chi connectivity index (χ0n) is 9.26. The molecule has 0 aromatic carbocycles. The van der Waals surface area contributed by atoms with E-state index in [0.29, 0.717) is 11.5 Å². The first-order valence-electron chi connectivity index (χ1n) is 5.80. The highest BCUT2D eigenvalue weighted by Crippen LogP contribution is 2.45. The highest BCUT2D eigenvalue weighted by Gasteiger charge is 2.42. The lowest BCUT2D eigenvalue weighted by molar-refractivity contribution is 0.117. The number of hydrogen-bond donors (Lipinski definition) is 1. The number of likely N-dealkylation sites (tertiary alicyclic amines) is 1. The van der Waals surface area contributed by atoms with Crippen molar-refractivity contribution in [2.75, 3.05) is 13.1 Å². The smallest absolute Gasteiger partial charge is 0.0180 e. The van der Waals surface area contributed by atoms with Crippen LogP contribution in [0.3, 0.4) is 0 Å². The van der Waals surface area contributed by atoms with E-state index in [1.807, 2.05) is 0 Å². The molecule has 2 N–H and O–H groups in total. The summed E-state index contributed by atoms with van der Waals surface area (Å²) in [5.74, 6) is 0. The van der Waals surface area contributed by atoms with Gasteiger partial charge in [0.05, 0.1) is 0 Å². The average Bonchev–Trinajstić information content (AvgIpc) is 2.49. The second-order valence-corrected chi connectivity index (χ2v) is 5.08. The molecule has 14 heavy (non-hydrogen) atoms. The third-order valence-corrected chi connectivity index (χ3v) is 4.28. The van der Waals surface area contributed by atoms with Crippen LogP contribution in [0.5, 0.6) is 0 Å². The van der Waals surface area contributed by atoms with Gasteiger partial charge in [0.2, 0.25) is 0 Å². The van der Waals surface area contributed by atoms with Crippen LogP contribution in [0, 0.1) is 5.41 Å². The van der Waals surface area contributed by atoms with Crippen molar-refractivity contribution < 1.29 is 0 Å². The van der Waals surface area contributed by atoms with Crippen molar-refractivity contribution in [1.82, 2.24) is 4.90 Å². The standard InChI is InChI=1S/C12H22N2/c1-10(2)14-8-6-12(7-9-14)5-3-4-11(12)13/h11H,1,3-9,13H2,2H3/t11-/m1/s1. The molecule has 2 aliphatic rings. The molecule has 0 amide bonds. The topological polar surface area (TPSA) is 29.3 Å². The van der Waals surface area contributed by atoms with Gasteiger partial charge in [0.25, 0.3) is 0 Å². The highest BCUT2D eigenvalue weighted by molar-refractivity contribution is 5.01. The van der Waals surface area contributed by atoms with Crippen LogP contribution in [-0.4, -0.2) is 24.0 Å².